The number of fused-ring (bicyclic) bond motifs is 1. The summed E-state index contributed by atoms with van der Waals surface area (Å²) in [5.74, 6) is -0.660. The molecule has 2 saturated heterocycles. The minimum Gasteiger partial charge on any atom is -0.463 e. The fourth-order valence-corrected chi connectivity index (χ4v) is 4.00. The molecule has 0 unspecified atom stereocenters. The lowest BCUT2D eigenvalue weighted by atomic mass is 9.86. The first-order chi connectivity index (χ1) is 9.91. The Hall–Kier alpha value is -0.650. The van der Waals surface area contributed by atoms with Crippen LogP contribution in [0.25, 0.3) is 0 Å². The minimum atomic E-state index is -1.24. The lowest BCUT2D eigenvalue weighted by molar-refractivity contribution is -0.162. The second-order valence-electron chi connectivity index (χ2n) is 6.93. The van der Waals surface area contributed by atoms with Gasteiger partial charge in [-0.25, -0.2) is 4.79 Å². The van der Waals surface area contributed by atoms with Crippen molar-refractivity contribution in [1.82, 2.24) is 4.90 Å². The number of aliphatic hydroxyl groups excluding tert-OH is 2. The van der Waals surface area contributed by atoms with Crippen molar-refractivity contribution in [3.8, 4) is 0 Å². The van der Waals surface area contributed by atoms with Crippen molar-refractivity contribution in [3.05, 3.63) is 0 Å². The molecule has 5 atom stereocenters. The smallest absolute Gasteiger partial charge is 0.335 e. The van der Waals surface area contributed by atoms with E-state index in [1.807, 2.05) is 13.8 Å². The number of ether oxygens (including phenoxy) is 1. The lowest BCUT2D eigenvalue weighted by Crippen LogP contribution is -2.41. The van der Waals surface area contributed by atoms with Gasteiger partial charge < -0.3 is 14.9 Å². The van der Waals surface area contributed by atoms with Crippen molar-refractivity contribution in [3.63, 3.8) is 0 Å². The van der Waals surface area contributed by atoms with Crippen LogP contribution in [0.15, 0.2) is 0 Å². The molecule has 122 valence electrons. The first-order valence-electron chi connectivity index (χ1n) is 8.18. The van der Waals surface area contributed by atoms with E-state index >= 15 is 0 Å². The van der Waals surface area contributed by atoms with E-state index in [-0.39, 0.29) is 5.92 Å². The molecule has 0 aromatic heterocycles. The number of rotatable bonds is 6. The summed E-state index contributed by atoms with van der Waals surface area (Å²) < 4.78 is 5.35. The van der Waals surface area contributed by atoms with E-state index in [9.17, 15) is 15.0 Å². The molecule has 21 heavy (non-hydrogen) atoms. The highest BCUT2D eigenvalue weighted by Crippen LogP contribution is 2.33. The predicted molar refractivity (Wildman–Crippen MR) is 79.7 cm³/mol. The van der Waals surface area contributed by atoms with Gasteiger partial charge in [-0.2, -0.15) is 0 Å². The fourth-order valence-electron chi connectivity index (χ4n) is 4.00. The van der Waals surface area contributed by atoms with Gasteiger partial charge in [0.25, 0.3) is 0 Å². The molecule has 0 saturated carbocycles. The molecule has 0 aliphatic carbocycles. The molecular formula is C16H29NO4. The van der Waals surface area contributed by atoms with Crippen molar-refractivity contribution in [1.29, 1.82) is 0 Å². The van der Waals surface area contributed by atoms with Gasteiger partial charge in [0.05, 0.1) is 12.7 Å². The maximum absolute atomic E-state index is 12.0. The summed E-state index contributed by atoms with van der Waals surface area (Å²) in [4.78, 5) is 14.5. The maximum atomic E-state index is 12.0. The highest BCUT2D eigenvalue weighted by molar-refractivity contribution is 5.74. The van der Waals surface area contributed by atoms with Gasteiger partial charge in [0.1, 0.15) is 0 Å². The van der Waals surface area contributed by atoms with Gasteiger partial charge in [0, 0.05) is 17.9 Å². The largest absolute Gasteiger partial charge is 0.463 e. The van der Waals surface area contributed by atoms with Gasteiger partial charge in [0.2, 0.25) is 0 Å². The molecule has 0 aromatic carbocycles. The van der Waals surface area contributed by atoms with Crippen LogP contribution in [0.1, 0.15) is 40.0 Å². The van der Waals surface area contributed by atoms with Crippen LogP contribution in [0, 0.1) is 17.8 Å². The Kier molecular flexibility index (Phi) is 5.63. The maximum Gasteiger partial charge on any atom is 0.335 e. The monoisotopic (exact) mass is 299 g/mol. The van der Waals surface area contributed by atoms with E-state index in [1.54, 1.807) is 6.92 Å². The SMILES string of the molecule is CC(C)[C@H]([C@H](C)O)[C@H](O)C(=O)OC[C@@H]1CCN2CCC[C@@H]12. The van der Waals surface area contributed by atoms with E-state index in [1.165, 1.54) is 12.8 Å². The van der Waals surface area contributed by atoms with E-state index < -0.39 is 24.1 Å². The van der Waals surface area contributed by atoms with Crippen molar-refractivity contribution in [2.75, 3.05) is 19.7 Å². The Morgan fingerprint density at radius 2 is 1.95 bits per heavy atom. The number of nitrogens with zero attached hydrogens (tertiary/aromatic N) is 1. The van der Waals surface area contributed by atoms with E-state index in [0.29, 0.717) is 18.6 Å². The third-order valence-electron chi connectivity index (χ3n) is 5.12. The van der Waals surface area contributed by atoms with E-state index in [4.69, 9.17) is 4.74 Å². The van der Waals surface area contributed by atoms with Crippen molar-refractivity contribution < 1.29 is 19.7 Å². The number of esters is 1. The third kappa shape index (κ3) is 3.76. The highest BCUT2D eigenvalue weighted by Gasteiger charge is 2.39. The molecule has 0 bridgehead atoms. The third-order valence-corrected chi connectivity index (χ3v) is 5.12. The summed E-state index contributed by atoms with van der Waals surface area (Å²) in [5, 5.41) is 19.9. The van der Waals surface area contributed by atoms with Crippen LogP contribution in [-0.2, 0) is 9.53 Å². The zero-order valence-electron chi connectivity index (χ0n) is 13.4. The van der Waals surface area contributed by atoms with Crippen molar-refractivity contribution in [2.45, 2.75) is 58.3 Å². The van der Waals surface area contributed by atoms with Crippen LogP contribution >= 0.6 is 0 Å². The van der Waals surface area contributed by atoms with E-state index in [0.717, 1.165) is 19.5 Å². The summed E-state index contributed by atoms with van der Waals surface area (Å²) in [7, 11) is 0. The van der Waals surface area contributed by atoms with Crippen molar-refractivity contribution >= 4 is 5.97 Å². The summed E-state index contributed by atoms with van der Waals surface area (Å²) in [5.41, 5.74) is 0. The normalized spacial score (nSPS) is 30.2. The fraction of sp³-hybridized carbons (Fsp3) is 0.938. The summed E-state index contributed by atoms with van der Waals surface area (Å²) >= 11 is 0. The topological polar surface area (TPSA) is 70.0 Å². The van der Waals surface area contributed by atoms with Gasteiger partial charge in [0.15, 0.2) is 6.10 Å². The van der Waals surface area contributed by atoms with Gasteiger partial charge >= 0.3 is 5.97 Å². The molecule has 0 amide bonds. The molecule has 0 radical (unpaired) electrons. The molecule has 5 heteroatoms. The minimum absolute atomic E-state index is 0.0179. The standard InChI is InChI=1S/C16H29NO4/c1-10(2)14(11(3)18)15(19)16(20)21-9-12-6-8-17-7-4-5-13(12)17/h10-15,18-19H,4-9H2,1-3H3/t11-,12-,13-,14+,15-/m0/s1. The lowest BCUT2D eigenvalue weighted by Gasteiger charge is -2.28. The molecule has 0 aromatic rings. The Labute approximate surface area is 127 Å². The molecule has 2 rings (SSSR count). The number of carbonyl (C=O) groups excluding carboxylic acids is 1. The van der Waals surface area contributed by atoms with Gasteiger partial charge in [-0.05, 0) is 45.2 Å². The molecular weight excluding hydrogens is 270 g/mol. The Morgan fingerprint density at radius 1 is 1.24 bits per heavy atom. The molecule has 5 nitrogen and oxygen atoms in total. The summed E-state index contributed by atoms with van der Waals surface area (Å²) in [6, 6.07) is 0.549. The average Bonchev–Trinajstić information content (AvgIpc) is 2.98. The van der Waals surface area contributed by atoms with Crippen LogP contribution in [0.4, 0.5) is 0 Å². The molecule has 2 aliphatic rings. The molecule has 2 fully saturated rings. The highest BCUT2D eigenvalue weighted by atomic mass is 16.5. The van der Waals surface area contributed by atoms with Crippen molar-refractivity contribution in [2.24, 2.45) is 17.8 Å². The van der Waals surface area contributed by atoms with Crippen LogP contribution in [0.2, 0.25) is 0 Å². The molecule has 2 aliphatic heterocycles. The molecule has 2 N–H and O–H groups in total. The second kappa shape index (κ2) is 7.07. The zero-order valence-corrected chi connectivity index (χ0v) is 13.4. The predicted octanol–water partition coefficient (Wildman–Crippen LogP) is 1.03. The Bertz CT molecular complexity index is 350. The van der Waals surface area contributed by atoms with E-state index in [2.05, 4.69) is 4.90 Å². The summed E-state index contributed by atoms with van der Waals surface area (Å²) in [6.07, 6.45) is 1.51. The van der Waals surface area contributed by atoms with Gasteiger partial charge in [-0.15, -0.1) is 0 Å². The molecule has 0 spiro atoms. The Balaban J connectivity index is 1.83. The van der Waals surface area contributed by atoms with Crippen LogP contribution in [-0.4, -0.2) is 59.0 Å². The number of hydrogen-bond donors (Lipinski definition) is 2. The van der Waals surface area contributed by atoms with Crippen LogP contribution in [0.3, 0.4) is 0 Å². The van der Waals surface area contributed by atoms with Gasteiger partial charge in [-0.1, -0.05) is 13.8 Å². The second-order valence-corrected chi connectivity index (χ2v) is 6.93. The summed E-state index contributed by atoms with van der Waals surface area (Å²) in [6.45, 7) is 8.03. The number of hydrogen-bond acceptors (Lipinski definition) is 5. The van der Waals surface area contributed by atoms with Crippen LogP contribution in [0.5, 0.6) is 0 Å². The zero-order chi connectivity index (χ0) is 15.6. The van der Waals surface area contributed by atoms with Gasteiger partial charge in [-0.3, -0.25) is 4.90 Å². The average molecular weight is 299 g/mol. The number of aliphatic hydroxyl groups is 2. The quantitative estimate of drug-likeness (QED) is 0.717. The molecule has 2 heterocycles. The number of carbonyl (C=O) groups is 1. The van der Waals surface area contributed by atoms with Crippen LogP contribution < -0.4 is 0 Å². The first kappa shape index (κ1) is 16.7. The first-order valence-corrected chi connectivity index (χ1v) is 8.18. The Morgan fingerprint density at radius 3 is 2.57 bits per heavy atom.